The fourth-order valence-electron chi connectivity index (χ4n) is 3.34. The van der Waals surface area contributed by atoms with E-state index in [2.05, 4.69) is 34.8 Å². The Labute approximate surface area is 141 Å². The highest BCUT2D eigenvalue weighted by atomic mass is 16.5. The molecular weight excluding hydrogens is 302 g/mol. The van der Waals surface area contributed by atoms with Gasteiger partial charge in [-0.1, -0.05) is 35.0 Å². The summed E-state index contributed by atoms with van der Waals surface area (Å²) in [6.07, 6.45) is 4.59. The summed E-state index contributed by atoms with van der Waals surface area (Å²) in [5.41, 5.74) is 2.52. The third kappa shape index (κ3) is 3.08. The summed E-state index contributed by atoms with van der Waals surface area (Å²) in [5.74, 6) is 0.863. The summed E-state index contributed by atoms with van der Waals surface area (Å²) in [6.45, 7) is 2.93. The molecule has 2 fully saturated rings. The van der Waals surface area contributed by atoms with Crippen molar-refractivity contribution >= 4 is 5.91 Å². The number of benzene rings is 1. The van der Waals surface area contributed by atoms with Crippen molar-refractivity contribution in [3.8, 4) is 11.3 Å². The monoisotopic (exact) mass is 325 g/mol. The SMILES string of the molecule is Cc1ccc(-c2cc(C[C@@]3(C(=O)NC4CC4)CCCN3)on2)cc1. The lowest BCUT2D eigenvalue weighted by molar-refractivity contribution is -0.127. The fourth-order valence-corrected chi connectivity index (χ4v) is 3.34. The van der Waals surface area contributed by atoms with Crippen LogP contribution in [0.4, 0.5) is 0 Å². The Balaban J connectivity index is 1.52. The number of aryl methyl sites for hydroxylation is 1. The average Bonchev–Trinajstić information content (AvgIpc) is 3.08. The first-order chi connectivity index (χ1) is 11.6. The van der Waals surface area contributed by atoms with Crippen molar-refractivity contribution < 1.29 is 9.32 Å². The van der Waals surface area contributed by atoms with Crippen LogP contribution in [0.2, 0.25) is 0 Å². The molecule has 126 valence electrons. The zero-order chi connectivity index (χ0) is 16.6. The third-order valence-electron chi connectivity index (χ3n) is 4.97. The smallest absolute Gasteiger partial charge is 0.240 e. The molecule has 1 saturated heterocycles. The second-order valence-corrected chi connectivity index (χ2v) is 7.08. The van der Waals surface area contributed by atoms with E-state index in [-0.39, 0.29) is 5.91 Å². The molecule has 4 rings (SSSR count). The molecule has 1 saturated carbocycles. The molecule has 1 aromatic carbocycles. The minimum Gasteiger partial charge on any atom is -0.361 e. The van der Waals surface area contributed by atoms with Crippen LogP contribution in [0, 0.1) is 6.92 Å². The van der Waals surface area contributed by atoms with Gasteiger partial charge in [0.25, 0.3) is 0 Å². The Kier molecular flexibility index (Phi) is 3.88. The van der Waals surface area contributed by atoms with Gasteiger partial charge in [-0.05, 0) is 39.2 Å². The molecule has 1 aromatic heterocycles. The van der Waals surface area contributed by atoms with Crippen LogP contribution in [0.25, 0.3) is 11.3 Å². The second-order valence-electron chi connectivity index (χ2n) is 7.08. The van der Waals surface area contributed by atoms with Gasteiger partial charge >= 0.3 is 0 Å². The van der Waals surface area contributed by atoms with Crippen LogP contribution < -0.4 is 10.6 Å². The first kappa shape index (κ1) is 15.4. The number of amides is 1. The molecule has 2 aromatic rings. The van der Waals surface area contributed by atoms with Crippen LogP contribution >= 0.6 is 0 Å². The molecule has 2 aliphatic rings. The largest absolute Gasteiger partial charge is 0.361 e. The van der Waals surface area contributed by atoms with Crippen LogP contribution in [-0.4, -0.2) is 29.2 Å². The van der Waals surface area contributed by atoms with Gasteiger partial charge in [-0.15, -0.1) is 0 Å². The predicted molar refractivity (Wildman–Crippen MR) is 91.5 cm³/mol. The van der Waals surface area contributed by atoms with Gasteiger partial charge < -0.3 is 15.2 Å². The number of nitrogens with one attached hydrogen (secondary N) is 2. The zero-order valence-corrected chi connectivity index (χ0v) is 14.0. The Hall–Kier alpha value is -2.14. The minimum absolute atomic E-state index is 0.107. The molecule has 0 bridgehead atoms. The van der Waals surface area contributed by atoms with E-state index in [0.717, 1.165) is 49.2 Å². The van der Waals surface area contributed by atoms with E-state index >= 15 is 0 Å². The molecule has 1 aliphatic carbocycles. The lowest BCUT2D eigenvalue weighted by Gasteiger charge is -2.27. The highest BCUT2D eigenvalue weighted by Gasteiger charge is 2.43. The van der Waals surface area contributed by atoms with Gasteiger partial charge in [-0.2, -0.15) is 0 Å². The normalized spacial score (nSPS) is 23.4. The number of nitrogens with zero attached hydrogens (tertiary/aromatic N) is 1. The van der Waals surface area contributed by atoms with Gasteiger partial charge in [0.15, 0.2) is 0 Å². The summed E-state index contributed by atoms with van der Waals surface area (Å²) >= 11 is 0. The van der Waals surface area contributed by atoms with Gasteiger partial charge in [0.2, 0.25) is 5.91 Å². The molecule has 2 N–H and O–H groups in total. The number of hydrogen-bond acceptors (Lipinski definition) is 4. The minimum atomic E-state index is -0.549. The maximum Gasteiger partial charge on any atom is 0.240 e. The number of carbonyl (C=O) groups excluding carboxylic acids is 1. The number of rotatable bonds is 5. The highest BCUT2D eigenvalue weighted by molar-refractivity contribution is 5.87. The van der Waals surface area contributed by atoms with Crippen molar-refractivity contribution in [1.82, 2.24) is 15.8 Å². The fraction of sp³-hybridized carbons (Fsp3) is 0.474. The number of aromatic nitrogens is 1. The van der Waals surface area contributed by atoms with Crippen molar-refractivity contribution in [2.24, 2.45) is 0 Å². The molecule has 24 heavy (non-hydrogen) atoms. The van der Waals surface area contributed by atoms with Crippen LogP contribution in [0.5, 0.6) is 0 Å². The second kappa shape index (κ2) is 6.06. The van der Waals surface area contributed by atoms with Crippen LogP contribution in [-0.2, 0) is 11.2 Å². The molecule has 1 aliphatic heterocycles. The summed E-state index contributed by atoms with van der Waals surface area (Å²) in [6, 6.07) is 10.5. The van der Waals surface area contributed by atoms with Crippen molar-refractivity contribution in [1.29, 1.82) is 0 Å². The van der Waals surface area contributed by atoms with E-state index in [9.17, 15) is 4.79 Å². The van der Waals surface area contributed by atoms with E-state index in [1.807, 2.05) is 18.2 Å². The Morgan fingerprint density at radius 1 is 1.38 bits per heavy atom. The van der Waals surface area contributed by atoms with E-state index < -0.39 is 5.54 Å². The Morgan fingerprint density at radius 2 is 2.17 bits per heavy atom. The molecular formula is C19H23N3O2. The zero-order valence-electron chi connectivity index (χ0n) is 14.0. The Morgan fingerprint density at radius 3 is 2.83 bits per heavy atom. The first-order valence-electron chi connectivity index (χ1n) is 8.73. The molecule has 0 unspecified atom stereocenters. The quantitative estimate of drug-likeness (QED) is 0.887. The summed E-state index contributed by atoms with van der Waals surface area (Å²) < 4.78 is 5.54. The van der Waals surface area contributed by atoms with Crippen LogP contribution in [0.3, 0.4) is 0 Å². The lowest BCUT2D eigenvalue weighted by Crippen LogP contribution is -2.55. The molecule has 5 heteroatoms. The summed E-state index contributed by atoms with van der Waals surface area (Å²) in [7, 11) is 0. The average molecular weight is 325 g/mol. The number of carbonyl (C=O) groups is 1. The maximum atomic E-state index is 12.7. The molecule has 0 radical (unpaired) electrons. The Bertz CT molecular complexity index is 725. The highest BCUT2D eigenvalue weighted by Crippen LogP contribution is 2.29. The molecule has 2 heterocycles. The topological polar surface area (TPSA) is 67.2 Å². The third-order valence-corrected chi connectivity index (χ3v) is 4.97. The van der Waals surface area contributed by atoms with Crippen molar-refractivity contribution in [2.45, 2.75) is 50.6 Å². The molecule has 1 atom stereocenters. The van der Waals surface area contributed by atoms with Gasteiger partial charge in [-0.3, -0.25) is 4.79 Å². The van der Waals surface area contributed by atoms with E-state index in [1.54, 1.807) is 0 Å². The van der Waals surface area contributed by atoms with Crippen molar-refractivity contribution in [3.63, 3.8) is 0 Å². The van der Waals surface area contributed by atoms with Gasteiger partial charge in [-0.25, -0.2) is 0 Å². The van der Waals surface area contributed by atoms with Crippen LogP contribution in [0.1, 0.15) is 37.0 Å². The van der Waals surface area contributed by atoms with E-state index in [0.29, 0.717) is 12.5 Å². The van der Waals surface area contributed by atoms with E-state index in [4.69, 9.17) is 4.52 Å². The number of hydrogen-bond donors (Lipinski definition) is 2. The van der Waals surface area contributed by atoms with Gasteiger partial charge in [0.05, 0.1) is 0 Å². The van der Waals surface area contributed by atoms with Gasteiger partial charge in [0, 0.05) is 24.1 Å². The maximum absolute atomic E-state index is 12.7. The summed E-state index contributed by atoms with van der Waals surface area (Å²) in [5, 5.41) is 10.7. The first-order valence-corrected chi connectivity index (χ1v) is 8.73. The standard InChI is InChI=1S/C19H23N3O2/c1-13-3-5-14(6-4-13)17-11-16(24-22-17)12-19(9-2-10-20-19)18(23)21-15-7-8-15/h3-6,11,15,20H,2,7-10,12H2,1H3,(H,21,23)/t19-/m1/s1. The lowest BCUT2D eigenvalue weighted by atomic mass is 9.90. The van der Waals surface area contributed by atoms with Crippen LogP contribution in [0.15, 0.2) is 34.9 Å². The van der Waals surface area contributed by atoms with Crippen molar-refractivity contribution in [3.05, 3.63) is 41.7 Å². The molecule has 5 nitrogen and oxygen atoms in total. The van der Waals surface area contributed by atoms with E-state index in [1.165, 1.54) is 5.56 Å². The van der Waals surface area contributed by atoms with Crippen molar-refractivity contribution in [2.75, 3.05) is 6.54 Å². The summed E-state index contributed by atoms with van der Waals surface area (Å²) in [4.78, 5) is 12.7. The molecule has 0 spiro atoms. The predicted octanol–water partition coefficient (Wildman–Crippen LogP) is 2.59. The molecule has 1 amide bonds. The van der Waals surface area contributed by atoms with Gasteiger partial charge in [0.1, 0.15) is 17.0 Å².